The molecule has 0 saturated heterocycles. The predicted molar refractivity (Wildman–Crippen MR) is 128 cm³/mol. The molecule has 0 aromatic heterocycles. The van der Waals surface area contributed by atoms with E-state index in [-0.39, 0.29) is 138 Å². The van der Waals surface area contributed by atoms with E-state index in [1.165, 1.54) is 0 Å². The molecular weight excluding hydrogens is 576 g/mol. The molecule has 0 rings (SSSR count). The van der Waals surface area contributed by atoms with Crippen LogP contribution in [-0.4, -0.2) is 219 Å². The van der Waals surface area contributed by atoms with Crippen molar-refractivity contribution >= 4 is 167 Å². The van der Waals surface area contributed by atoms with Crippen molar-refractivity contribution in [1.29, 1.82) is 0 Å². The summed E-state index contributed by atoms with van der Waals surface area (Å²) in [5.41, 5.74) is 10.3. The van der Waals surface area contributed by atoms with Crippen LogP contribution < -0.4 is 16.8 Å². The van der Waals surface area contributed by atoms with E-state index >= 15 is 0 Å². The van der Waals surface area contributed by atoms with Crippen LogP contribution in [0.25, 0.3) is 0 Å². The number of carboxylic acid groups (broad SMARTS) is 5. The summed E-state index contributed by atoms with van der Waals surface area (Å²) in [7, 11) is 0. The van der Waals surface area contributed by atoms with E-state index in [1.54, 1.807) is 0 Å². The molecule has 17 heteroatoms. The van der Waals surface area contributed by atoms with E-state index in [0.29, 0.717) is 13.1 Å². The maximum absolute atomic E-state index is 9.00. The van der Waals surface area contributed by atoms with Crippen LogP contribution in [0.1, 0.15) is 34.6 Å². The zero-order valence-electron chi connectivity index (χ0n) is 16.3. The van der Waals surface area contributed by atoms with Gasteiger partial charge < -0.3 is 42.3 Å². The predicted octanol–water partition coefficient (Wildman–Crippen LogP) is -3.91. The summed E-state index contributed by atoms with van der Waals surface area (Å²) in [6.45, 7) is 8.55. The van der Waals surface area contributed by atoms with Gasteiger partial charge in [-0.2, -0.15) is 0 Å². The summed E-state index contributed by atoms with van der Waals surface area (Å²) >= 11 is 0. The van der Waals surface area contributed by atoms with E-state index in [0.717, 1.165) is 47.7 Å². The summed E-state index contributed by atoms with van der Waals surface area (Å²) in [4.78, 5) is 45.0. The molecule has 0 aromatic carbocycles. The summed E-state index contributed by atoms with van der Waals surface area (Å²) in [6, 6.07) is 0. The quantitative estimate of drug-likeness (QED) is 0.111. The van der Waals surface area contributed by atoms with Gasteiger partial charge in [0.15, 0.2) is 0 Å². The van der Waals surface area contributed by atoms with Crippen molar-refractivity contribution in [2.24, 2.45) is 11.5 Å². The van der Waals surface area contributed by atoms with Gasteiger partial charge in [-0.05, 0) is 0 Å². The minimum absolute atomic E-state index is 0. The SMILES string of the molecule is CC(=O)O.CC(=O)O.CC(=O)O.CC(=O)O.CC(=O)O.NCCNCCN.[BaH2].[NaH].[NaH].[NaH]. The molecule has 0 amide bonds. The second kappa shape index (κ2) is 63.5. The third-order valence-corrected chi connectivity index (χ3v) is 0.642. The summed E-state index contributed by atoms with van der Waals surface area (Å²) < 4.78 is 0. The number of hydrogen-bond acceptors (Lipinski definition) is 8. The molecule has 0 unspecified atom stereocenters. The topological polar surface area (TPSA) is 251 Å². The van der Waals surface area contributed by atoms with Crippen molar-refractivity contribution in [2.45, 2.75) is 34.6 Å². The molecule has 0 spiro atoms. The molecule has 0 radical (unpaired) electrons. The Labute approximate surface area is 289 Å². The van der Waals surface area contributed by atoms with Gasteiger partial charge in [-0.1, -0.05) is 0 Å². The van der Waals surface area contributed by atoms with Gasteiger partial charge in [-0.15, -0.1) is 0 Å². The van der Waals surface area contributed by atoms with Gasteiger partial charge in [-0.3, -0.25) is 24.0 Å². The number of nitrogens with two attached hydrogens (primary N) is 2. The Morgan fingerprint density at radius 3 is 0.710 bits per heavy atom. The zero-order chi connectivity index (χ0) is 23.4. The van der Waals surface area contributed by atoms with E-state index in [2.05, 4.69) is 5.32 Å². The standard InChI is InChI=1S/C4H13N3.5C2H4O2.Ba.3Na.5H/c5-1-3-7-4-2-6;5*1-2(3)4;;;;;;;;;/h7H,1-6H2;5*1H3,(H,3,4);;;;;;;;;. The fourth-order valence-corrected chi connectivity index (χ4v) is 0.329. The van der Waals surface area contributed by atoms with E-state index < -0.39 is 29.8 Å². The van der Waals surface area contributed by atoms with Crippen LogP contribution in [0.3, 0.4) is 0 Å². The fourth-order valence-electron chi connectivity index (χ4n) is 0.329. The molecule has 10 N–H and O–H groups in total. The molecular formula is C14H38BaN3Na3O10. The first-order chi connectivity index (χ1) is 12.1. The van der Waals surface area contributed by atoms with Gasteiger partial charge in [0, 0.05) is 60.8 Å². The van der Waals surface area contributed by atoms with Gasteiger partial charge in [-0.25, -0.2) is 0 Å². The molecule has 174 valence electrons. The minimum atomic E-state index is -0.833. The second-order valence-corrected chi connectivity index (χ2v) is 3.92. The van der Waals surface area contributed by atoms with Crippen molar-refractivity contribution < 1.29 is 49.5 Å². The van der Waals surface area contributed by atoms with Crippen molar-refractivity contribution in [1.82, 2.24) is 5.32 Å². The fraction of sp³-hybridized carbons (Fsp3) is 0.643. The molecule has 0 aliphatic heterocycles. The summed E-state index contributed by atoms with van der Waals surface area (Å²) in [5, 5.41) is 40.1. The number of hydrogen-bond donors (Lipinski definition) is 8. The summed E-state index contributed by atoms with van der Waals surface area (Å²) in [6.07, 6.45) is 0. The Balaban J connectivity index is -0.0000000211. The van der Waals surface area contributed by atoms with Crippen LogP contribution in [0, 0.1) is 0 Å². The Morgan fingerprint density at radius 1 is 0.548 bits per heavy atom. The zero-order valence-corrected chi connectivity index (χ0v) is 16.3. The van der Waals surface area contributed by atoms with Crippen LogP contribution in [0.4, 0.5) is 0 Å². The molecule has 31 heavy (non-hydrogen) atoms. The molecule has 0 atom stereocenters. The summed E-state index contributed by atoms with van der Waals surface area (Å²) in [5.74, 6) is -4.17. The van der Waals surface area contributed by atoms with Crippen molar-refractivity contribution in [3.8, 4) is 0 Å². The molecule has 13 nitrogen and oxygen atoms in total. The van der Waals surface area contributed by atoms with Crippen LogP contribution in [0.5, 0.6) is 0 Å². The molecule has 0 fully saturated rings. The molecule has 0 aliphatic carbocycles. The number of nitrogens with one attached hydrogen (secondary N) is 1. The third kappa shape index (κ3) is 839. The van der Waals surface area contributed by atoms with Crippen molar-refractivity contribution in [3.63, 3.8) is 0 Å². The number of rotatable bonds is 4. The second-order valence-electron chi connectivity index (χ2n) is 3.92. The monoisotopic (exact) mass is 615 g/mol. The first-order valence-corrected chi connectivity index (χ1v) is 7.16. The van der Waals surface area contributed by atoms with Gasteiger partial charge in [0.1, 0.15) is 0 Å². The van der Waals surface area contributed by atoms with Crippen LogP contribution in [0.15, 0.2) is 0 Å². The van der Waals surface area contributed by atoms with Gasteiger partial charge in [0.05, 0.1) is 0 Å². The Bertz CT molecular complexity index is 303. The third-order valence-electron chi connectivity index (χ3n) is 0.642. The Kier molecular flexibility index (Phi) is 131. The first-order valence-electron chi connectivity index (χ1n) is 7.16. The van der Waals surface area contributed by atoms with Crippen molar-refractivity contribution in [3.05, 3.63) is 0 Å². The van der Waals surface area contributed by atoms with E-state index in [9.17, 15) is 0 Å². The molecule has 0 aromatic rings. The molecule has 0 saturated carbocycles. The van der Waals surface area contributed by atoms with Crippen LogP contribution in [0.2, 0.25) is 0 Å². The Morgan fingerprint density at radius 2 is 0.645 bits per heavy atom. The van der Waals surface area contributed by atoms with Crippen LogP contribution in [-0.2, 0) is 24.0 Å². The van der Waals surface area contributed by atoms with E-state index in [1.807, 2.05) is 0 Å². The van der Waals surface area contributed by atoms with Gasteiger partial charge >= 0.3 is 138 Å². The number of carboxylic acids is 5. The van der Waals surface area contributed by atoms with E-state index in [4.69, 9.17) is 61.0 Å². The van der Waals surface area contributed by atoms with Crippen LogP contribution >= 0.6 is 0 Å². The first kappa shape index (κ1) is 63.8. The van der Waals surface area contributed by atoms with Gasteiger partial charge in [0.2, 0.25) is 0 Å². The average Bonchev–Trinajstić information content (AvgIpc) is 2.35. The van der Waals surface area contributed by atoms with Crippen molar-refractivity contribution in [2.75, 3.05) is 26.2 Å². The number of aliphatic carboxylic acids is 5. The molecule has 0 heterocycles. The Hall–Kier alpha value is 1.80. The normalized spacial score (nSPS) is 6.16. The molecule has 0 aliphatic rings. The average molecular weight is 615 g/mol. The van der Waals surface area contributed by atoms with Gasteiger partial charge in [0.25, 0.3) is 29.8 Å². The maximum atomic E-state index is 9.00. The number of carbonyl (C=O) groups is 5. The molecule has 0 bridgehead atoms.